The third kappa shape index (κ3) is 3.65. The first kappa shape index (κ1) is 16.6. The fourth-order valence-electron chi connectivity index (χ4n) is 2.63. The van der Waals surface area contributed by atoms with Gasteiger partial charge in [0.1, 0.15) is 17.6 Å². The maximum absolute atomic E-state index is 12.9. The number of nitrogens with zero attached hydrogens (tertiary/aromatic N) is 4. The quantitative estimate of drug-likeness (QED) is 0.698. The molecule has 0 aliphatic carbocycles. The minimum absolute atomic E-state index is 0.0581. The first-order chi connectivity index (χ1) is 12.1. The summed E-state index contributed by atoms with van der Waals surface area (Å²) in [5, 5.41) is 24.4. The number of rotatable bonds is 5. The number of amides is 1. The van der Waals surface area contributed by atoms with Gasteiger partial charge in [-0.3, -0.25) is 4.79 Å². The molecule has 7 nitrogen and oxygen atoms in total. The molecule has 2 aromatic carbocycles. The van der Waals surface area contributed by atoms with Crippen LogP contribution in [0.2, 0.25) is 0 Å². The van der Waals surface area contributed by atoms with Gasteiger partial charge in [-0.25, -0.2) is 4.68 Å². The number of aromatic nitrogens is 4. The van der Waals surface area contributed by atoms with Gasteiger partial charge in [0, 0.05) is 6.42 Å². The van der Waals surface area contributed by atoms with Gasteiger partial charge in [0.15, 0.2) is 0 Å². The van der Waals surface area contributed by atoms with Gasteiger partial charge >= 0.3 is 0 Å². The highest BCUT2D eigenvalue weighted by atomic mass is 16.3. The molecule has 0 saturated heterocycles. The summed E-state index contributed by atoms with van der Waals surface area (Å²) in [6, 6.07) is 14.2. The van der Waals surface area contributed by atoms with E-state index in [0.29, 0.717) is 23.5 Å². The fraction of sp³-hybridized carbons (Fsp3) is 0.222. The Morgan fingerprint density at radius 3 is 2.60 bits per heavy atom. The number of anilines is 1. The van der Waals surface area contributed by atoms with Gasteiger partial charge in [-0.05, 0) is 41.5 Å². The van der Waals surface area contributed by atoms with E-state index in [4.69, 9.17) is 0 Å². The summed E-state index contributed by atoms with van der Waals surface area (Å²) in [6.45, 7) is 3.52. The molecule has 0 saturated carbocycles. The molecule has 128 valence electrons. The topological polar surface area (TPSA) is 92.9 Å². The van der Waals surface area contributed by atoms with Gasteiger partial charge in [0.05, 0.1) is 5.69 Å². The molecule has 0 fully saturated rings. The van der Waals surface area contributed by atoms with Crippen molar-refractivity contribution in [3.8, 4) is 5.75 Å². The fourth-order valence-corrected chi connectivity index (χ4v) is 2.63. The van der Waals surface area contributed by atoms with Crippen molar-refractivity contribution in [2.75, 3.05) is 5.32 Å². The van der Waals surface area contributed by atoms with Gasteiger partial charge in [-0.2, -0.15) is 0 Å². The highest BCUT2D eigenvalue weighted by molar-refractivity contribution is 5.95. The van der Waals surface area contributed by atoms with Crippen LogP contribution in [-0.2, 0) is 11.2 Å². The Bertz CT molecular complexity index is 876. The second-order valence-electron chi connectivity index (χ2n) is 5.84. The molecule has 1 atom stereocenters. The van der Waals surface area contributed by atoms with E-state index in [0.717, 1.165) is 5.56 Å². The van der Waals surface area contributed by atoms with Crippen molar-refractivity contribution in [2.45, 2.75) is 26.3 Å². The number of carbonyl (C=O) groups excluding carboxylic acids is 1. The Morgan fingerprint density at radius 2 is 1.92 bits per heavy atom. The van der Waals surface area contributed by atoms with Crippen LogP contribution in [0.5, 0.6) is 5.75 Å². The molecule has 1 amide bonds. The predicted octanol–water partition coefficient (Wildman–Crippen LogP) is 2.42. The van der Waals surface area contributed by atoms with Crippen LogP contribution in [0.3, 0.4) is 0 Å². The first-order valence-electron chi connectivity index (χ1n) is 7.94. The van der Waals surface area contributed by atoms with Crippen LogP contribution in [0.4, 0.5) is 5.69 Å². The predicted molar refractivity (Wildman–Crippen MR) is 93.2 cm³/mol. The summed E-state index contributed by atoms with van der Waals surface area (Å²) in [5.41, 5.74) is 2.05. The van der Waals surface area contributed by atoms with Gasteiger partial charge in [-0.1, -0.05) is 42.5 Å². The molecular weight excluding hydrogens is 318 g/mol. The number of aromatic hydroxyl groups is 1. The average molecular weight is 337 g/mol. The monoisotopic (exact) mass is 337 g/mol. The molecule has 0 unspecified atom stereocenters. The van der Waals surface area contributed by atoms with E-state index in [9.17, 15) is 9.90 Å². The van der Waals surface area contributed by atoms with Gasteiger partial charge < -0.3 is 10.4 Å². The van der Waals surface area contributed by atoms with Crippen LogP contribution in [0.25, 0.3) is 0 Å². The number of phenolic OH excluding ortho intramolecular Hbond substituents is 1. The van der Waals surface area contributed by atoms with Crippen molar-refractivity contribution in [3.05, 3.63) is 65.5 Å². The zero-order valence-electron chi connectivity index (χ0n) is 14.0. The van der Waals surface area contributed by atoms with Gasteiger partial charge in [0.25, 0.3) is 0 Å². The Hall–Kier alpha value is -3.22. The van der Waals surface area contributed by atoms with E-state index in [-0.39, 0.29) is 11.7 Å². The normalized spacial score (nSPS) is 11.9. The Balaban J connectivity index is 1.90. The minimum Gasteiger partial charge on any atom is -0.505 e. The van der Waals surface area contributed by atoms with Crippen LogP contribution in [0.15, 0.2) is 48.5 Å². The van der Waals surface area contributed by atoms with Crippen molar-refractivity contribution >= 4 is 11.6 Å². The van der Waals surface area contributed by atoms with Crippen molar-refractivity contribution in [1.29, 1.82) is 0 Å². The number of phenols is 1. The first-order valence-corrected chi connectivity index (χ1v) is 7.94. The number of hydrogen-bond acceptors (Lipinski definition) is 5. The van der Waals surface area contributed by atoms with Crippen molar-refractivity contribution in [2.24, 2.45) is 0 Å². The molecule has 3 aromatic rings. The number of carbonyl (C=O) groups is 1. The van der Waals surface area contributed by atoms with Crippen molar-refractivity contribution < 1.29 is 9.90 Å². The smallest absolute Gasteiger partial charge is 0.249 e. The lowest BCUT2D eigenvalue weighted by atomic mass is 10.0. The summed E-state index contributed by atoms with van der Waals surface area (Å²) in [5.74, 6) is 0.312. The summed E-state index contributed by atoms with van der Waals surface area (Å²) < 4.78 is 1.50. The van der Waals surface area contributed by atoms with Gasteiger partial charge in [-0.15, -0.1) is 5.10 Å². The molecule has 7 heteroatoms. The molecule has 0 aliphatic heterocycles. The zero-order chi connectivity index (χ0) is 17.8. The summed E-state index contributed by atoms with van der Waals surface area (Å²) in [7, 11) is 0. The number of nitrogens with one attached hydrogen (secondary N) is 1. The van der Waals surface area contributed by atoms with Crippen molar-refractivity contribution in [1.82, 2.24) is 20.2 Å². The maximum Gasteiger partial charge on any atom is 0.249 e. The second-order valence-corrected chi connectivity index (χ2v) is 5.84. The SMILES string of the molecule is Cc1cccc(NC(=O)[C@@H](Cc2ccccc2)n2nnnc2C)c1O. The lowest BCUT2D eigenvalue weighted by Gasteiger charge is -2.18. The average Bonchev–Trinajstić information content (AvgIpc) is 3.03. The molecule has 0 spiro atoms. The Morgan fingerprint density at radius 1 is 1.16 bits per heavy atom. The van der Waals surface area contributed by atoms with E-state index in [1.165, 1.54) is 4.68 Å². The standard InChI is InChI=1S/C18H19N5O2/c1-12-7-6-10-15(17(12)24)19-18(25)16(23-13(2)20-21-22-23)11-14-8-4-3-5-9-14/h3-10,16,24H,11H2,1-2H3,(H,19,25)/t16-/m1/s1. The molecule has 0 aliphatic rings. The Labute approximate surface area is 145 Å². The van der Waals surface area contributed by atoms with E-state index in [1.54, 1.807) is 32.0 Å². The molecule has 2 N–H and O–H groups in total. The highest BCUT2D eigenvalue weighted by Gasteiger charge is 2.25. The zero-order valence-corrected chi connectivity index (χ0v) is 14.0. The lowest BCUT2D eigenvalue weighted by molar-refractivity contribution is -0.119. The molecule has 0 bridgehead atoms. The molecule has 25 heavy (non-hydrogen) atoms. The Kier molecular flexibility index (Phi) is 4.74. The molecule has 0 radical (unpaired) electrons. The minimum atomic E-state index is -0.627. The number of para-hydroxylation sites is 1. The van der Waals surface area contributed by atoms with Crippen LogP contribution < -0.4 is 5.32 Å². The van der Waals surface area contributed by atoms with E-state index >= 15 is 0 Å². The van der Waals surface area contributed by atoms with Crippen molar-refractivity contribution in [3.63, 3.8) is 0 Å². The van der Waals surface area contributed by atoms with Crippen LogP contribution in [0.1, 0.15) is 23.0 Å². The largest absolute Gasteiger partial charge is 0.505 e. The molecule has 1 heterocycles. The number of aryl methyl sites for hydroxylation is 2. The summed E-state index contributed by atoms with van der Waals surface area (Å²) >= 11 is 0. The highest BCUT2D eigenvalue weighted by Crippen LogP contribution is 2.28. The lowest BCUT2D eigenvalue weighted by Crippen LogP contribution is -2.29. The molecule has 1 aromatic heterocycles. The maximum atomic E-state index is 12.9. The second kappa shape index (κ2) is 7.12. The third-order valence-corrected chi connectivity index (χ3v) is 4.02. The van der Waals surface area contributed by atoms with E-state index in [1.807, 2.05) is 30.3 Å². The summed E-state index contributed by atoms with van der Waals surface area (Å²) in [6.07, 6.45) is 0.436. The number of hydrogen-bond donors (Lipinski definition) is 2. The van der Waals surface area contributed by atoms with Crippen LogP contribution in [0, 0.1) is 13.8 Å². The van der Waals surface area contributed by atoms with E-state index < -0.39 is 6.04 Å². The summed E-state index contributed by atoms with van der Waals surface area (Å²) in [4.78, 5) is 12.9. The van der Waals surface area contributed by atoms with E-state index in [2.05, 4.69) is 20.8 Å². The van der Waals surface area contributed by atoms with Crippen LogP contribution in [-0.4, -0.2) is 31.2 Å². The number of tetrazole rings is 1. The number of benzene rings is 2. The third-order valence-electron chi connectivity index (χ3n) is 4.02. The van der Waals surface area contributed by atoms with Crippen LogP contribution >= 0.6 is 0 Å². The molecule has 3 rings (SSSR count). The van der Waals surface area contributed by atoms with Gasteiger partial charge in [0.2, 0.25) is 5.91 Å². The molecular formula is C18H19N5O2.